The number of benzene rings is 2. The van der Waals surface area contributed by atoms with Crippen molar-refractivity contribution in [1.29, 1.82) is 0 Å². The highest BCUT2D eigenvalue weighted by atomic mass is 35.5. The van der Waals surface area contributed by atoms with Crippen LogP contribution in [0.5, 0.6) is 11.5 Å². The largest absolute Gasteiger partial charge is 0.484 e. The van der Waals surface area contributed by atoms with Crippen LogP contribution in [-0.4, -0.2) is 36.2 Å². The number of amides is 2. The summed E-state index contributed by atoms with van der Waals surface area (Å²) in [6, 6.07) is 8.71. The Morgan fingerprint density at radius 1 is 1.30 bits per heavy atom. The SMILES string of the molecule is C=C(CCNC(=O)COc1ccc(Cl)c(F)c1)NC(=O)[C@H]1C[C@](C)(O)c2cc(Cl)ccc2O1. The van der Waals surface area contributed by atoms with Gasteiger partial charge in [0.1, 0.15) is 17.3 Å². The highest BCUT2D eigenvalue weighted by molar-refractivity contribution is 6.31. The van der Waals surface area contributed by atoms with E-state index < -0.39 is 29.3 Å². The van der Waals surface area contributed by atoms with E-state index in [-0.39, 0.29) is 36.8 Å². The Morgan fingerprint density at radius 3 is 2.79 bits per heavy atom. The Balaban J connectivity index is 1.42. The van der Waals surface area contributed by atoms with Crippen LogP contribution in [0.4, 0.5) is 4.39 Å². The quantitative estimate of drug-likeness (QED) is 0.517. The van der Waals surface area contributed by atoms with E-state index in [0.29, 0.717) is 22.0 Å². The number of fused-ring (bicyclic) bond motifs is 1. The molecule has 1 aliphatic heterocycles. The van der Waals surface area contributed by atoms with Gasteiger partial charge in [0.15, 0.2) is 12.7 Å². The summed E-state index contributed by atoms with van der Waals surface area (Å²) in [5, 5.41) is 16.4. The van der Waals surface area contributed by atoms with Gasteiger partial charge in [-0.2, -0.15) is 0 Å². The van der Waals surface area contributed by atoms with Crippen LogP contribution in [0.2, 0.25) is 10.0 Å². The summed E-state index contributed by atoms with van der Waals surface area (Å²) in [4.78, 5) is 24.5. The van der Waals surface area contributed by atoms with Crippen molar-refractivity contribution in [3.63, 3.8) is 0 Å². The summed E-state index contributed by atoms with van der Waals surface area (Å²) in [7, 11) is 0. The molecular formula is C23H23Cl2FN2O5. The molecule has 2 aromatic carbocycles. The summed E-state index contributed by atoms with van der Waals surface area (Å²) >= 11 is 11.6. The lowest BCUT2D eigenvalue weighted by molar-refractivity contribution is -0.132. The zero-order valence-corrected chi connectivity index (χ0v) is 19.3. The predicted molar refractivity (Wildman–Crippen MR) is 122 cm³/mol. The fourth-order valence-electron chi connectivity index (χ4n) is 3.27. The Morgan fingerprint density at radius 2 is 2.06 bits per heavy atom. The Kier molecular flexibility index (Phi) is 7.84. The number of carbonyl (C=O) groups excluding carboxylic acids is 2. The van der Waals surface area contributed by atoms with Crippen LogP contribution in [0.3, 0.4) is 0 Å². The zero-order valence-electron chi connectivity index (χ0n) is 17.8. The van der Waals surface area contributed by atoms with E-state index in [1.54, 1.807) is 25.1 Å². The topological polar surface area (TPSA) is 96.9 Å². The van der Waals surface area contributed by atoms with Gasteiger partial charge in [0.2, 0.25) is 0 Å². The van der Waals surface area contributed by atoms with Crippen molar-refractivity contribution in [1.82, 2.24) is 10.6 Å². The third-order valence-corrected chi connectivity index (χ3v) is 5.52. The van der Waals surface area contributed by atoms with Crippen molar-refractivity contribution in [3.8, 4) is 11.5 Å². The van der Waals surface area contributed by atoms with E-state index >= 15 is 0 Å². The second-order valence-corrected chi connectivity index (χ2v) is 8.63. The van der Waals surface area contributed by atoms with Gasteiger partial charge in [-0.05, 0) is 37.3 Å². The molecule has 0 fully saturated rings. The monoisotopic (exact) mass is 496 g/mol. The van der Waals surface area contributed by atoms with E-state index in [4.69, 9.17) is 32.7 Å². The highest BCUT2D eigenvalue weighted by Crippen LogP contribution is 2.40. The van der Waals surface area contributed by atoms with Gasteiger partial charge >= 0.3 is 0 Å². The van der Waals surface area contributed by atoms with Crippen molar-refractivity contribution in [2.24, 2.45) is 0 Å². The van der Waals surface area contributed by atoms with Crippen LogP contribution in [0.1, 0.15) is 25.3 Å². The maximum Gasteiger partial charge on any atom is 0.265 e. The normalized spacial score (nSPS) is 19.1. The number of hydrogen-bond donors (Lipinski definition) is 3. The number of rotatable bonds is 8. The van der Waals surface area contributed by atoms with Crippen LogP contribution in [0.25, 0.3) is 0 Å². The molecule has 1 aliphatic rings. The zero-order chi connectivity index (χ0) is 24.2. The first-order valence-corrected chi connectivity index (χ1v) is 10.8. The summed E-state index contributed by atoms with van der Waals surface area (Å²) in [5.41, 5.74) is -0.404. The van der Waals surface area contributed by atoms with E-state index in [1.807, 2.05) is 0 Å². The first kappa shape index (κ1) is 24.8. The van der Waals surface area contributed by atoms with Gasteiger partial charge in [0.25, 0.3) is 11.8 Å². The maximum absolute atomic E-state index is 13.4. The molecule has 0 radical (unpaired) electrons. The van der Waals surface area contributed by atoms with Crippen molar-refractivity contribution >= 4 is 35.0 Å². The van der Waals surface area contributed by atoms with Crippen LogP contribution >= 0.6 is 23.2 Å². The molecule has 1 heterocycles. The lowest BCUT2D eigenvalue weighted by Crippen LogP contribution is -2.45. The van der Waals surface area contributed by atoms with Gasteiger partial charge in [-0.3, -0.25) is 9.59 Å². The molecule has 0 unspecified atom stereocenters. The lowest BCUT2D eigenvalue weighted by atomic mass is 9.86. The Labute approximate surface area is 200 Å². The molecule has 0 aliphatic carbocycles. The molecular weight excluding hydrogens is 474 g/mol. The van der Waals surface area contributed by atoms with E-state index in [0.717, 1.165) is 6.07 Å². The summed E-state index contributed by atoms with van der Waals surface area (Å²) in [6.45, 7) is 5.26. The molecule has 2 amide bonds. The van der Waals surface area contributed by atoms with Crippen molar-refractivity contribution in [2.45, 2.75) is 31.5 Å². The van der Waals surface area contributed by atoms with Gasteiger partial charge in [-0.25, -0.2) is 4.39 Å². The van der Waals surface area contributed by atoms with Crippen LogP contribution in [0, 0.1) is 5.82 Å². The molecule has 2 atom stereocenters. The number of carbonyl (C=O) groups is 2. The minimum Gasteiger partial charge on any atom is -0.484 e. The molecule has 0 saturated heterocycles. The van der Waals surface area contributed by atoms with Gasteiger partial charge in [-0.15, -0.1) is 0 Å². The van der Waals surface area contributed by atoms with Crippen molar-refractivity contribution < 1.29 is 28.6 Å². The molecule has 0 spiro atoms. The average Bonchev–Trinajstić information content (AvgIpc) is 2.74. The molecule has 0 aromatic heterocycles. The fourth-order valence-corrected chi connectivity index (χ4v) is 3.56. The summed E-state index contributed by atoms with van der Waals surface area (Å²) in [6.07, 6.45) is -0.616. The third-order valence-electron chi connectivity index (χ3n) is 4.98. The molecule has 176 valence electrons. The summed E-state index contributed by atoms with van der Waals surface area (Å²) in [5.74, 6) is -0.964. The highest BCUT2D eigenvalue weighted by Gasteiger charge is 2.39. The minimum atomic E-state index is -1.29. The standard InChI is InChI=1S/C23H23Cl2FN2O5/c1-13(7-8-27-21(29)12-32-15-4-5-17(25)18(26)10-15)28-22(30)20-11-23(2,31)16-9-14(24)3-6-19(16)33-20/h3-6,9-10,20,31H,1,7-8,11-12H2,2H3,(H,27,29)(H,28,30)/t20-,23+/m1/s1. The molecule has 3 N–H and O–H groups in total. The molecule has 2 aromatic rings. The molecule has 10 heteroatoms. The van der Waals surface area contributed by atoms with E-state index in [9.17, 15) is 19.1 Å². The Bertz CT molecular complexity index is 1080. The Hall–Kier alpha value is -2.81. The number of hydrogen-bond acceptors (Lipinski definition) is 5. The van der Waals surface area contributed by atoms with Crippen molar-refractivity contribution in [3.05, 3.63) is 70.1 Å². The van der Waals surface area contributed by atoms with Gasteiger partial charge in [0, 0.05) is 41.7 Å². The van der Waals surface area contributed by atoms with Crippen LogP contribution < -0.4 is 20.1 Å². The number of halogens is 3. The van der Waals surface area contributed by atoms with Gasteiger partial charge in [0.05, 0.1) is 10.6 Å². The van der Waals surface area contributed by atoms with E-state index in [2.05, 4.69) is 17.2 Å². The molecule has 0 bridgehead atoms. The maximum atomic E-state index is 13.4. The number of aliphatic hydroxyl groups is 1. The smallest absolute Gasteiger partial charge is 0.265 e. The van der Waals surface area contributed by atoms with Gasteiger partial charge in [-0.1, -0.05) is 29.8 Å². The molecule has 7 nitrogen and oxygen atoms in total. The summed E-state index contributed by atoms with van der Waals surface area (Å²) < 4.78 is 24.3. The van der Waals surface area contributed by atoms with Gasteiger partial charge < -0.3 is 25.2 Å². The minimum absolute atomic E-state index is 0.0387. The van der Waals surface area contributed by atoms with Crippen molar-refractivity contribution in [2.75, 3.05) is 13.2 Å². The van der Waals surface area contributed by atoms with E-state index in [1.165, 1.54) is 12.1 Å². The second-order valence-electron chi connectivity index (χ2n) is 7.78. The predicted octanol–water partition coefficient (Wildman–Crippen LogP) is 3.71. The van der Waals surface area contributed by atoms with Crippen LogP contribution in [0.15, 0.2) is 48.7 Å². The molecule has 3 rings (SSSR count). The lowest BCUT2D eigenvalue weighted by Gasteiger charge is -2.35. The first-order chi connectivity index (χ1) is 15.5. The average molecular weight is 497 g/mol. The van der Waals surface area contributed by atoms with Crippen LogP contribution in [-0.2, 0) is 15.2 Å². The fraction of sp³-hybridized carbons (Fsp3) is 0.304. The molecule has 0 saturated carbocycles. The number of nitrogens with one attached hydrogen (secondary N) is 2. The second kappa shape index (κ2) is 10.4. The third kappa shape index (κ3) is 6.60. The number of ether oxygens (including phenoxy) is 2. The first-order valence-electron chi connectivity index (χ1n) is 10.1. The molecule has 33 heavy (non-hydrogen) atoms.